The molecule has 1 heterocycles. The van der Waals surface area contributed by atoms with Crippen LogP contribution in [0.15, 0.2) is 40.1 Å². The monoisotopic (exact) mass is 373 g/mol. The number of sulfonamides is 1. The summed E-state index contributed by atoms with van der Waals surface area (Å²) in [6.07, 6.45) is 2.70. The van der Waals surface area contributed by atoms with Crippen LogP contribution in [0.1, 0.15) is 0 Å². The third-order valence-electron chi connectivity index (χ3n) is 2.52. The summed E-state index contributed by atoms with van der Waals surface area (Å²) < 4.78 is 37.5. The fourth-order valence-corrected chi connectivity index (χ4v) is 2.76. The highest BCUT2D eigenvalue weighted by molar-refractivity contribution is 9.10. The molecule has 0 radical (unpaired) electrons. The van der Waals surface area contributed by atoms with E-state index in [4.69, 9.17) is 9.47 Å². The van der Waals surface area contributed by atoms with Crippen LogP contribution >= 0.6 is 15.9 Å². The summed E-state index contributed by atoms with van der Waals surface area (Å²) in [5.74, 6) is 0.884. The maximum absolute atomic E-state index is 12.3. The molecule has 0 atom stereocenters. The Bertz CT molecular complexity index is 735. The summed E-state index contributed by atoms with van der Waals surface area (Å²) in [6.45, 7) is 0. The zero-order valence-corrected chi connectivity index (χ0v) is 13.6. The summed E-state index contributed by atoms with van der Waals surface area (Å²) >= 11 is 3.12. The van der Waals surface area contributed by atoms with E-state index in [2.05, 4.69) is 30.6 Å². The molecule has 0 spiro atoms. The van der Waals surface area contributed by atoms with Crippen LogP contribution in [-0.2, 0) is 10.0 Å². The van der Waals surface area contributed by atoms with E-state index < -0.39 is 10.0 Å². The largest absolute Gasteiger partial charge is 0.493 e. The van der Waals surface area contributed by atoms with Gasteiger partial charge in [0, 0.05) is 6.07 Å². The Morgan fingerprint density at radius 3 is 2.38 bits per heavy atom. The maximum Gasteiger partial charge on any atom is 0.263 e. The molecule has 0 saturated carbocycles. The summed E-state index contributed by atoms with van der Waals surface area (Å²) in [4.78, 5) is 7.84. The number of nitrogens with zero attached hydrogens (tertiary/aromatic N) is 2. The molecule has 0 amide bonds. The van der Waals surface area contributed by atoms with E-state index in [-0.39, 0.29) is 10.7 Å². The van der Waals surface area contributed by atoms with Crippen molar-refractivity contribution >= 4 is 31.8 Å². The molecule has 2 rings (SSSR count). The zero-order chi connectivity index (χ0) is 15.5. The minimum Gasteiger partial charge on any atom is -0.493 e. The highest BCUT2D eigenvalue weighted by Gasteiger charge is 2.17. The fraction of sp³-hybridized carbons (Fsp3) is 0.167. The third-order valence-corrected chi connectivity index (χ3v) is 4.29. The summed E-state index contributed by atoms with van der Waals surface area (Å²) in [5.41, 5.74) is 0. The lowest BCUT2D eigenvalue weighted by Gasteiger charge is -2.11. The second-order valence-corrected chi connectivity index (χ2v) is 6.34. The van der Waals surface area contributed by atoms with Crippen molar-refractivity contribution in [3.8, 4) is 11.5 Å². The van der Waals surface area contributed by atoms with Gasteiger partial charge in [0.1, 0.15) is 4.60 Å². The zero-order valence-electron chi connectivity index (χ0n) is 11.2. The molecule has 1 N–H and O–H groups in total. The molecule has 7 nitrogen and oxygen atoms in total. The SMILES string of the molecule is COc1ccc(S(=O)(=O)Nc2cnc(Br)cn2)cc1OC. The number of methoxy groups -OCH3 is 2. The molecule has 1 aromatic carbocycles. The number of aromatic nitrogens is 2. The number of ether oxygens (including phenoxy) is 2. The molecular formula is C12H12BrN3O4S. The number of rotatable bonds is 5. The van der Waals surface area contributed by atoms with E-state index in [0.29, 0.717) is 16.1 Å². The molecule has 2 aromatic rings. The van der Waals surface area contributed by atoms with Crippen molar-refractivity contribution in [2.75, 3.05) is 18.9 Å². The summed E-state index contributed by atoms with van der Waals surface area (Å²) in [7, 11) is -0.881. The van der Waals surface area contributed by atoms with Crippen molar-refractivity contribution in [2.24, 2.45) is 0 Å². The molecular weight excluding hydrogens is 362 g/mol. The molecule has 0 fully saturated rings. The van der Waals surface area contributed by atoms with E-state index in [0.717, 1.165) is 0 Å². The van der Waals surface area contributed by atoms with Crippen LogP contribution in [0.4, 0.5) is 5.82 Å². The Hall–Kier alpha value is -1.87. The lowest BCUT2D eigenvalue weighted by molar-refractivity contribution is 0.354. The second-order valence-electron chi connectivity index (χ2n) is 3.85. The summed E-state index contributed by atoms with van der Waals surface area (Å²) in [5, 5.41) is 0. The van der Waals surface area contributed by atoms with Gasteiger partial charge in [0.15, 0.2) is 17.3 Å². The lowest BCUT2D eigenvalue weighted by atomic mass is 10.3. The van der Waals surface area contributed by atoms with Crippen molar-refractivity contribution < 1.29 is 17.9 Å². The topological polar surface area (TPSA) is 90.4 Å². The van der Waals surface area contributed by atoms with Crippen LogP contribution in [0.25, 0.3) is 0 Å². The molecule has 0 saturated heterocycles. The van der Waals surface area contributed by atoms with Crippen molar-refractivity contribution in [2.45, 2.75) is 4.90 Å². The number of hydrogen-bond donors (Lipinski definition) is 1. The molecule has 21 heavy (non-hydrogen) atoms. The predicted molar refractivity (Wildman–Crippen MR) is 80.1 cm³/mol. The van der Waals surface area contributed by atoms with E-state index in [9.17, 15) is 8.42 Å². The molecule has 1 aromatic heterocycles. The van der Waals surface area contributed by atoms with Gasteiger partial charge in [-0.2, -0.15) is 0 Å². The molecule has 0 aliphatic heterocycles. The van der Waals surface area contributed by atoms with Crippen molar-refractivity contribution in [3.05, 3.63) is 35.2 Å². The van der Waals surface area contributed by atoms with Crippen molar-refractivity contribution in [1.82, 2.24) is 9.97 Å². The van der Waals surface area contributed by atoms with Crippen molar-refractivity contribution in [1.29, 1.82) is 0 Å². The van der Waals surface area contributed by atoms with Crippen LogP contribution in [-0.4, -0.2) is 32.6 Å². The Morgan fingerprint density at radius 1 is 1.10 bits per heavy atom. The van der Waals surface area contributed by atoms with Crippen LogP contribution in [0.2, 0.25) is 0 Å². The fourth-order valence-electron chi connectivity index (χ4n) is 1.55. The van der Waals surface area contributed by atoms with Gasteiger partial charge in [-0.15, -0.1) is 0 Å². The van der Waals surface area contributed by atoms with E-state index in [1.54, 1.807) is 0 Å². The van der Waals surface area contributed by atoms with Gasteiger partial charge in [0.05, 0.1) is 31.5 Å². The number of hydrogen-bond acceptors (Lipinski definition) is 6. The first-order valence-corrected chi connectivity index (χ1v) is 7.96. The van der Waals surface area contributed by atoms with Crippen LogP contribution in [0, 0.1) is 0 Å². The maximum atomic E-state index is 12.3. The van der Waals surface area contributed by atoms with Gasteiger partial charge in [-0.05, 0) is 28.1 Å². The molecule has 0 bridgehead atoms. The molecule has 0 unspecified atom stereocenters. The van der Waals surface area contributed by atoms with E-state index in [1.807, 2.05) is 0 Å². The lowest BCUT2D eigenvalue weighted by Crippen LogP contribution is -2.14. The minimum absolute atomic E-state index is 0.0323. The average Bonchev–Trinajstić information content (AvgIpc) is 2.48. The highest BCUT2D eigenvalue weighted by Crippen LogP contribution is 2.29. The quantitative estimate of drug-likeness (QED) is 0.862. The van der Waals surface area contributed by atoms with Gasteiger partial charge < -0.3 is 9.47 Å². The first-order valence-electron chi connectivity index (χ1n) is 5.68. The summed E-state index contributed by atoms with van der Waals surface area (Å²) in [6, 6.07) is 4.30. The molecule has 9 heteroatoms. The molecule has 0 aliphatic carbocycles. The van der Waals surface area contributed by atoms with Crippen LogP contribution in [0.5, 0.6) is 11.5 Å². The number of halogens is 1. The Balaban J connectivity index is 2.33. The second kappa shape index (κ2) is 6.27. The first kappa shape index (κ1) is 15.5. The normalized spacial score (nSPS) is 11.0. The van der Waals surface area contributed by atoms with Crippen LogP contribution < -0.4 is 14.2 Å². The van der Waals surface area contributed by atoms with Gasteiger partial charge in [0.2, 0.25) is 0 Å². The van der Waals surface area contributed by atoms with Gasteiger partial charge >= 0.3 is 0 Å². The number of benzene rings is 1. The standard InChI is InChI=1S/C12H12BrN3O4S/c1-19-9-4-3-8(5-10(9)20-2)21(17,18)16-12-7-14-11(13)6-15-12/h3-7H,1-2H3,(H,15,16). The number of anilines is 1. The average molecular weight is 374 g/mol. The van der Waals surface area contributed by atoms with Gasteiger partial charge in [-0.3, -0.25) is 4.72 Å². The Morgan fingerprint density at radius 2 is 1.81 bits per heavy atom. The van der Waals surface area contributed by atoms with Gasteiger partial charge in [0.25, 0.3) is 10.0 Å². The van der Waals surface area contributed by atoms with Gasteiger partial charge in [-0.25, -0.2) is 18.4 Å². The smallest absolute Gasteiger partial charge is 0.263 e. The van der Waals surface area contributed by atoms with Gasteiger partial charge in [-0.1, -0.05) is 0 Å². The molecule has 112 valence electrons. The Labute approximate surface area is 130 Å². The van der Waals surface area contributed by atoms with E-state index >= 15 is 0 Å². The highest BCUT2D eigenvalue weighted by atomic mass is 79.9. The van der Waals surface area contributed by atoms with Crippen molar-refractivity contribution in [3.63, 3.8) is 0 Å². The van der Waals surface area contributed by atoms with Crippen LogP contribution in [0.3, 0.4) is 0 Å². The van der Waals surface area contributed by atoms with E-state index in [1.165, 1.54) is 44.8 Å². The predicted octanol–water partition coefficient (Wildman–Crippen LogP) is 2.06. The molecule has 0 aliphatic rings. The number of nitrogens with one attached hydrogen (secondary N) is 1. The first-order chi connectivity index (χ1) is 9.96. The third kappa shape index (κ3) is 3.61. The Kier molecular flexibility index (Phi) is 4.63. The minimum atomic E-state index is -3.79.